The van der Waals surface area contributed by atoms with Crippen molar-refractivity contribution in [1.82, 2.24) is 10.1 Å². The molecule has 0 saturated carbocycles. The maximum atomic E-state index is 10.8. The third-order valence-corrected chi connectivity index (χ3v) is 2.15. The van der Waals surface area contributed by atoms with E-state index in [9.17, 15) is 4.79 Å². The van der Waals surface area contributed by atoms with Crippen molar-refractivity contribution in [2.45, 2.75) is 6.92 Å². The molecule has 0 amide bonds. The van der Waals surface area contributed by atoms with Crippen molar-refractivity contribution in [3.8, 4) is 11.4 Å². The molecule has 0 aliphatic carbocycles. The minimum absolute atomic E-state index is 0.0879. The summed E-state index contributed by atoms with van der Waals surface area (Å²) in [4.78, 5) is 14.8. The predicted octanol–water partition coefficient (Wildman–Crippen LogP) is 2.40. The lowest BCUT2D eigenvalue weighted by Crippen LogP contribution is -1.96. The van der Waals surface area contributed by atoms with Crippen LogP contribution in [-0.4, -0.2) is 21.2 Å². The number of hydrogen-bond donors (Lipinski definition) is 1. The highest BCUT2D eigenvalue weighted by molar-refractivity contribution is 6.31. The molecule has 16 heavy (non-hydrogen) atoms. The van der Waals surface area contributed by atoms with Gasteiger partial charge in [-0.3, -0.25) is 0 Å². The van der Waals surface area contributed by atoms with E-state index in [-0.39, 0.29) is 5.56 Å². The SMILES string of the molecule is Cc1nc(-c2cc(Cl)cc(C(=O)O)c2)no1. The summed E-state index contributed by atoms with van der Waals surface area (Å²) in [5, 5.41) is 12.9. The van der Waals surface area contributed by atoms with Crippen LogP contribution in [0.5, 0.6) is 0 Å². The van der Waals surface area contributed by atoms with E-state index in [0.29, 0.717) is 22.3 Å². The second-order valence-corrected chi connectivity index (χ2v) is 3.61. The molecular weight excluding hydrogens is 232 g/mol. The molecule has 0 bridgehead atoms. The van der Waals surface area contributed by atoms with Gasteiger partial charge in [0.1, 0.15) is 0 Å². The van der Waals surface area contributed by atoms with Crippen LogP contribution in [0.2, 0.25) is 5.02 Å². The van der Waals surface area contributed by atoms with Gasteiger partial charge in [0.05, 0.1) is 5.56 Å². The normalized spacial score (nSPS) is 10.4. The second-order valence-electron chi connectivity index (χ2n) is 3.17. The molecule has 5 nitrogen and oxygen atoms in total. The Hall–Kier alpha value is -1.88. The Morgan fingerprint density at radius 2 is 2.19 bits per heavy atom. The summed E-state index contributed by atoms with van der Waals surface area (Å²) < 4.78 is 4.81. The first kappa shape index (κ1) is 10.6. The number of aromatic nitrogens is 2. The van der Waals surface area contributed by atoms with Gasteiger partial charge in [-0.2, -0.15) is 4.98 Å². The third kappa shape index (κ3) is 2.04. The van der Waals surface area contributed by atoms with Gasteiger partial charge in [0.15, 0.2) is 0 Å². The van der Waals surface area contributed by atoms with Crippen molar-refractivity contribution in [1.29, 1.82) is 0 Å². The zero-order valence-corrected chi connectivity index (χ0v) is 9.02. The zero-order valence-electron chi connectivity index (χ0n) is 8.27. The molecule has 0 atom stereocenters. The number of carboxylic acids is 1. The second kappa shape index (κ2) is 3.94. The first-order valence-electron chi connectivity index (χ1n) is 4.41. The zero-order chi connectivity index (χ0) is 11.7. The Morgan fingerprint density at radius 3 is 2.75 bits per heavy atom. The van der Waals surface area contributed by atoms with Gasteiger partial charge in [0.25, 0.3) is 0 Å². The van der Waals surface area contributed by atoms with Crippen LogP contribution in [0.15, 0.2) is 22.7 Å². The van der Waals surface area contributed by atoms with E-state index < -0.39 is 5.97 Å². The summed E-state index contributed by atoms with van der Waals surface area (Å²) in [5.41, 5.74) is 0.603. The summed E-state index contributed by atoms with van der Waals surface area (Å²) in [7, 11) is 0. The number of rotatable bonds is 2. The molecule has 0 saturated heterocycles. The van der Waals surface area contributed by atoms with E-state index in [1.807, 2.05) is 0 Å². The molecule has 0 radical (unpaired) electrons. The average Bonchev–Trinajstić information content (AvgIpc) is 2.64. The highest BCUT2D eigenvalue weighted by Gasteiger charge is 2.11. The van der Waals surface area contributed by atoms with E-state index in [1.54, 1.807) is 13.0 Å². The van der Waals surface area contributed by atoms with Crippen molar-refractivity contribution in [3.63, 3.8) is 0 Å². The summed E-state index contributed by atoms with van der Waals surface area (Å²) in [6.45, 7) is 1.65. The quantitative estimate of drug-likeness (QED) is 0.869. The topological polar surface area (TPSA) is 76.2 Å². The number of nitrogens with zero attached hydrogens (tertiary/aromatic N) is 2. The van der Waals surface area contributed by atoms with Crippen LogP contribution in [0.4, 0.5) is 0 Å². The van der Waals surface area contributed by atoms with Crippen LogP contribution in [0.25, 0.3) is 11.4 Å². The van der Waals surface area contributed by atoms with Crippen molar-refractivity contribution >= 4 is 17.6 Å². The first-order valence-corrected chi connectivity index (χ1v) is 4.78. The number of benzene rings is 1. The maximum absolute atomic E-state index is 10.8. The van der Waals surface area contributed by atoms with E-state index in [1.165, 1.54) is 12.1 Å². The Labute approximate surface area is 95.7 Å². The fourth-order valence-electron chi connectivity index (χ4n) is 1.26. The van der Waals surface area contributed by atoms with Gasteiger partial charge in [0, 0.05) is 17.5 Å². The van der Waals surface area contributed by atoms with E-state index in [2.05, 4.69) is 10.1 Å². The van der Waals surface area contributed by atoms with Crippen molar-refractivity contribution in [2.75, 3.05) is 0 Å². The van der Waals surface area contributed by atoms with Gasteiger partial charge in [0.2, 0.25) is 11.7 Å². The van der Waals surface area contributed by atoms with E-state index >= 15 is 0 Å². The molecule has 2 rings (SSSR count). The van der Waals surface area contributed by atoms with E-state index in [0.717, 1.165) is 0 Å². The smallest absolute Gasteiger partial charge is 0.335 e. The fourth-order valence-corrected chi connectivity index (χ4v) is 1.49. The Kier molecular flexibility index (Phi) is 2.62. The van der Waals surface area contributed by atoms with Gasteiger partial charge >= 0.3 is 5.97 Å². The molecule has 1 heterocycles. The highest BCUT2D eigenvalue weighted by Crippen LogP contribution is 2.22. The van der Waals surface area contributed by atoms with Gasteiger partial charge < -0.3 is 9.63 Å². The highest BCUT2D eigenvalue weighted by atomic mass is 35.5. The summed E-state index contributed by atoms with van der Waals surface area (Å²) in [6.07, 6.45) is 0. The van der Waals surface area contributed by atoms with Crippen molar-refractivity contribution < 1.29 is 14.4 Å². The maximum Gasteiger partial charge on any atom is 0.335 e. The largest absolute Gasteiger partial charge is 0.478 e. The molecule has 0 spiro atoms. The lowest BCUT2D eigenvalue weighted by Gasteiger charge is -1.99. The van der Waals surface area contributed by atoms with Gasteiger partial charge in [-0.15, -0.1) is 0 Å². The Morgan fingerprint density at radius 1 is 1.44 bits per heavy atom. The monoisotopic (exact) mass is 238 g/mol. The van der Waals surface area contributed by atoms with E-state index in [4.69, 9.17) is 21.2 Å². The molecule has 2 aromatic rings. The first-order chi connectivity index (χ1) is 7.56. The fraction of sp³-hybridized carbons (Fsp3) is 0.100. The number of carbonyl (C=O) groups is 1. The molecule has 0 unspecified atom stereocenters. The van der Waals surface area contributed by atoms with Gasteiger partial charge in [-0.05, 0) is 18.2 Å². The van der Waals surface area contributed by atoms with Gasteiger partial charge in [-0.1, -0.05) is 16.8 Å². The molecule has 0 aliphatic rings. The molecule has 1 aromatic carbocycles. The molecule has 0 aliphatic heterocycles. The van der Waals surface area contributed by atoms with Crippen LogP contribution in [0, 0.1) is 6.92 Å². The Bertz CT molecular complexity index is 551. The van der Waals surface area contributed by atoms with Crippen molar-refractivity contribution in [2.24, 2.45) is 0 Å². The minimum atomic E-state index is -1.05. The van der Waals surface area contributed by atoms with Crippen molar-refractivity contribution in [3.05, 3.63) is 34.7 Å². The summed E-state index contributed by atoms with van der Waals surface area (Å²) >= 11 is 5.80. The predicted molar refractivity (Wildman–Crippen MR) is 56.4 cm³/mol. The standard InChI is InChI=1S/C10H7ClN2O3/c1-5-12-9(13-16-5)6-2-7(10(14)15)4-8(11)3-6/h2-4H,1H3,(H,14,15). The molecule has 1 aromatic heterocycles. The van der Waals surface area contributed by atoms with Crippen LogP contribution in [0.3, 0.4) is 0 Å². The van der Waals surface area contributed by atoms with Crippen LogP contribution >= 0.6 is 11.6 Å². The number of carboxylic acid groups (broad SMARTS) is 1. The minimum Gasteiger partial charge on any atom is -0.478 e. The lowest BCUT2D eigenvalue weighted by atomic mass is 10.1. The molecule has 6 heteroatoms. The number of halogens is 1. The summed E-state index contributed by atoms with van der Waals surface area (Å²) in [5.74, 6) is -0.321. The van der Waals surface area contributed by atoms with Crippen LogP contribution < -0.4 is 0 Å². The number of aromatic carboxylic acids is 1. The van der Waals surface area contributed by atoms with Crippen LogP contribution in [-0.2, 0) is 0 Å². The Balaban J connectivity index is 2.53. The lowest BCUT2D eigenvalue weighted by molar-refractivity contribution is 0.0697. The molecule has 82 valence electrons. The average molecular weight is 239 g/mol. The number of aryl methyl sites for hydroxylation is 1. The molecule has 0 fully saturated rings. The number of hydrogen-bond acceptors (Lipinski definition) is 4. The third-order valence-electron chi connectivity index (χ3n) is 1.93. The molecule has 1 N–H and O–H groups in total. The van der Waals surface area contributed by atoms with Gasteiger partial charge in [-0.25, -0.2) is 4.79 Å². The molecular formula is C10H7ClN2O3. The van der Waals surface area contributed by atoms with Crippen LogP contribution in [0.1, 0.15) is 16.2 Å². The summed E-state index contributed by atoms with van der Waals surface area (Å²) in [6, 6.07) is 4.39.